The molecule has 1 N–H and O–H groups in total. The van der Waals surface area contributed by atoms with Gasteiger partial charge in [0.2, 0.25) is 0 Å². The summed E-state index contributed by atoms with van der Waals surface area (Å²) in [5, 5.41) is 4.37. The summed E-state index contributed by atoms with van der Waals surface area (Å²) in [6.45, 7) is 6.98. The van der Waals surface area contributed by atoms with Crippen LogP contribution in [-0.2, 0) is 0 Å². The number of anilines is 1. The summed E-state index contributed by atoms with van der Waals surface area (Å²) in [5.41, 5.74) is 4.57. The van der Waals surface area contributed by atoms with Gasteiger partial charge in [-0.3, -0.25) is 0 Å². The average molecular weight is 374 g/mol. The molecule has 6 nitrogen and oxygen atoms in total. The van der Waals surface area contributed by atoms with Gasteiger partial charge in [0.25, 0.3) is 0 Å². The zero-order chi connectivity index (χ0) is 19.3. The molecule has 142 valence electrons. The Hall–Kier alpha value is -3.12. The van der Waals surface area contributed by atoms with Gasteiger partial charge in [-0.1, -0.05) is 0 Å². The van der Waals surface area contributed by atoms with E-state index in [1.54, 1.807) is 0 Å². The zero-order valence-electron chi connectivity index (χ0n) is 16.0. The topological polar surface area (TPSA) is 62.8 Å². The van der Waals surface area contributed by atoms with E-state index in [1.165, 1.54) is 0 Å². The van der Waals surface area contributed by atoms with Gasteiger partial charge >= 0.3 is 5.63 Å². The van der Waals surface area contributed by atoms with Crippen LogP contribution in [0.15, 0.2) is 58.0 Å². The Morgan fingerprint density at radius 3 is 2.93 bits per heavy atom. The fourth-order valence-electron chi connectivity index (χ4n) is 3.94. The Labute approximate surface area is 162 Å². The molecule has 0 unspecified atom stereocenters. The Balaban J connectivity index is 1.56. The molecule has 1 aliphatic rings. The first kappa shape index (κ1) is 17.0. The van der Waals surface area contributed by atoms with Crippen molar-refractivity contribution in [2.24, 2.45) is 0 Å². The minimum atomic E-state index is -0.325. The minimum Gasteiger partial charge on any atom is -0.422 e. The number of hydrogen-bond acceptors (Lipinski definition) is 5. The second-order valence-electron chi connectivity index (χ2n) is 7.54. The van der Waals surface area contributed by atoms with Gasteiger partial charge in [0.05, 0.1) is 11.3 Å². The molecule has 0 aliphatic carbocycles. The lowest BCUT2D eigenvalue weighted by atomic mass is 10.1. The maximum Gasteiger partial charge on any atom is 0.344 e. The van der Waals surface area contributed by atoms with Gasteiger partial charge in [0.1, 0.15) is 11.2 Å². The van der Waals surface area contributed by atoms with E-state index >= 15 is 0 Å². The van der Waals surface area contributed by atoms with Crippen LogP contribution in [-0.4, -0.2) is 35.1 Å². The molecular weight excluding hydrogens is 352 g/mol. The van der Waals surface area contributed by atoms with Crippen molar-refractivity contribution in [2.75, 3.05) is 24.5 Å². The van der Waals surface area contributed by atoms with Gasteiger partial charge in [-0.25, -0.2) is 9.78 Å². The third-order valence-corrected chi connectivity index (χ3v) is 5.34. The molecular formula is C22H22N4O2. The van der Waals surface area contributed by atoms with Crippen LogP contribution < -0.4 is 15.8 Å². The third kappa shape index (κ3) is 2.96. The smallest absolute Gasteiger partial charge is 0.344 e. The highest BCUT2D eigenvalue weighted by Gasteiger charge is 2.17. The largest absolute Gasteiger partial charge is 0.422 e. The van der Waals surface area contributed by atoms with Crippen molar-refractivity contribution in [3.8, 4) is 11.1 Å². The van der Waals surface area contributed by atoms with Crippen molar-refractivity contribution < 1.29 is 4.42 Å². The number of nitrogens with one attached hydrogen (secondary N) is 1. The molecule has 0 saturated carbocycles. The number of aryl methyl sites for hydroxylation is 1. The van der Waals surface area contributed by atoms with Crippen LogP contribution in [0.3, 0.4) is 0 Å². The summed E-state index contributed by atoms with van der Waals surface area (Å²) < 4.78 is 7.63. The number of fused-ring (bicyclic) bond motifs is 2. The fraction of sp³-hybridized carbons (Fsp3) is 0.273. The SMILES string of the molecule is Cc1cn2cc(-c3cc4ccc(N5CCN[C@H](C)C5)cc4oc3=O)ccc2n1. The molecule has 3 aromatic heterocycles. The van der Waals surface area contributed by atoms with Gasteiger partial charge in [-0.05, 0) is 44.2 Å². The van der Waals surface area contributed by atoms with E-state index in [2.05, 4.69) is 28.2 Å². The minimum absolute atomic E-state index is 0.325. The van der Waals surface area contributed by atoms with Crippen molar-refractivity contribution in [1.29, 1.82) is 0 Å². The van der Waals surface area contributed by atoms with Crippen molar-refractivity contribution in [1.82, 2.24) is 14.7 Å². The quantitative estimate of drug-likeness (QED) is 0.546. The van der Waals surface area contributed by atoms with Crippen molar-refractivity contribution in [3.63, 3.8) is 0 Å². The molecule has 0 radical (unpaired) electrons. The monoisotopic (exact) mass is 374 g/mol. The lowest BCUT2D eigenvalue weighted by Crippen LogP contribution is -2.49. The first-order valence-corrected chi connectivity index (χ1v) is 9.59. The number of pyridine rings is 1. The molecule has 28 heavy (non-hydrogen) atoms. The van der Waals surface area contributed by atoms with E-state index in [0.717, 1.165) is 47.6 Å². The Bertz CT molecular complexity index is 1240. The van der Waals surface area contributed by atoms with Gasteiger partial charge in [-0.2, -0.15) is 0 Å². The Morgan fingerprint density at radius 2 is 2.07 bits per heavy atom. The summed E-state index contributed by atoms with van der Waals surface area (Å²) >= 11 is 0. The standard InChI is InChI=1S/C22H22N4O2/c1-14-11-25(8-7-23-14)18-5-3-16-9-19(22(27)28-20(16)10-18)17-4-6-21-24-15(2)12-26(21)13-17/h3-6,9-10,12-14,23H,7-8,11H2,1-2H3/t14-/m1/s1. The Morgan fingerprint density at radius 1 is 1.18 bits per heavy atom. The van der Waals surface area contributed by atoms with Crippen molar-refractivity contribution >= 4 is 22.3 Å². The highest BCUT2D eigenvalue weighted by molar-refractivity contribution is 5.84. The predicted molar refractivity (Wildman–Crippen MR) is 111 cm³/mol. The normalized spacial score (nSPS) is 17.5. The van der Waals surface area contributed by atoms with Crippen LogP contribution in [0.25, 0.3) is 27.7 Å². The molecule has 1 aromatic carbocycles. The molecule has 0 bridgehead atoms. The van der Waals surface area contributed by atoms with Crippen molar-refractivity contribution in [3.05, 3.63) is 64.9 Å². The van der Waals surface area contributed by atoms with E-state index in [9.17, 15) is 4.79 Å². The summed E-state index contributed by atoms with van der Waals surface area (Å²) in [4.78, 5) is 19.5. The summed E-state index contributed by atoms with van der Waals surface area (Å²) in [5.74, 6) is 0. The number of imidazole rings is 1. The molecule has 4 aromatic rings. The molecule has 0 spiro atoms. The summed E-state index contributed by atoms with van der Waals surface area (Å²) in [6.07, 6.45) is 3.87. The molecule has 6 heteroatoms. The molecule has 1 fully saturated rings. The van der Waals surface area contributed by atoms with Gasteiger partial charge in [0, 0.05) is 60.8 Å². The maximum atomic E-state index is 12.7. The average Bonchev–Trinajstić information content (AvgIpc) is 3.06. The number of rotatable bonds is 2. The van der Waals surface area contributed by atoms with Crippen LogP contribution >= 0.6 is 0 Å². The number of hydrogen-bond donors (Lipinski definition) is 1. The number of aromatic nitrogens is 2. The number of piperazine rings is 1. The van der Waals surface area contributed by atoms with E-state index in [-0.39, 0.29) is 5.63 Å². The van der Waals surface area contributed by atoms with E-state index in [4.69, 9.17) is 4.42 Å². The molecule has 1 atom stereocenters. The van der Waals surface area contributed by atoms with Crippen LogP contribution in [0.5, 0.6) is 0 Å². The molecule has 1 aliphatic heterocycles. The first-order chi connectivity index (χ1) is 13.6. The lowest BCUT2D eigenvalue weighted by molar-refractivity contribution is 0.484. The lowest BCUT2D eigenvalue weighted by Gasteiger charge is -2.33. The first-order valence-electron chi connectivity index (χ1n) is 9.59. The molecule has 4 heterocycles. The van der Waals surface area contributed by atoms with Gasteiger partial charge < -0.3 is 19.0 Å². The zero-order valence-corrected chi connectivity index (χ0v) is 16.0. The summed E-state index contributed by atoms with van der Waals surface area (Å²) in [7, 11) is 0. The van der Waals surface area contributed by atoms with E-state index in [0.29, 0.717) is 17.2 Å². The molecule has 5 rings (SSSR count). The molecule has 1 saturated heterocycles. The van der Waals surface area contributed by atoms with E-state index < -0.39 is 0 Å². The molecule has 0 amide bonds. The second kappa shape index (κ2) is 6.49. The Kier molecular flexibility index (Phi) is 3.94. The predicted octanol–water partition coefficient (Wildman–Crippen LogP) is 3.21. The third-order valence-electron chi connectivity index (χ3n) is 5.34. The number of benzene rings is 1. The highest BCUT2D eigenvalue weighted by atomic mass is 16.4. The van der Waals surface area contributed by atoms with Crippen LogP contribution in [0.4, 0.5) is 5.69 Å². The van der Waals surface area contributed by atoms with Crippen LogP contribution in [0.2, 0.25) is 0 Å². The highest BCUT2D eigenvalue weighted by Crippen LogP contribution is 2.26. The fourth-order valence-corrected chi connectivity index (χ4v) is 3.94. The second-order valence-corrected chi connectivity index (χ2v) is 7.54. The van der Waals surface area contributed by atoms with E-state index in [1.807, 2.05) is 54.0 Å². The summed E-state index contributed by atoms with van der Waals surface area (Å²) in [6, 6.07) is 12.3. The maximum absolute atomic E-state index is 12.7. The van der Waals surface area contributed by atoms with Crippen molar-refractivity contribution in [2.45, 2.75) is 19.9 Å². The number of nitrogens with zero attached hydrogens (tertiary/aromatic N) is 3. The van der Waals surface area contributed by atoms with Crippen LogP contribution in [0.1, 0.15) is 12.6 Å². The van der Waals surface area contributed by atoms with Gasteiger partial charge in [-0.15, -0.1) is 0 Å². The van der Waals surface area contributed by atoms with Gasteiger partial charge in [0.15, 0.2) is 0 Å². The van der Waals surface area contributed by atoms with Crippen LogP contribution in [0, 0.1) is 6.92 Å².